The number of aryl methyl sites for hydroxylation is 1. The van der Waals surface area contributed by atoms with Crippen LogP contribution in [0.2, 0.25) is 0 Å². The number of hydrogen-bond acceptors (Lipinski definition) is 4. The van der Waals surface area contributed by atoms with Gasteiger partial charge < -0.3 is 15.0 Å². The average molecular weight is 438 g/mol. The number of rotatable bonds is 7. The van der Waals surface area contributed by atoms with E-state index >= 15 is 0 Å². The number of nitrogens with one attached hydrogen (secondary N) is 1. The molecule has 0 aromatic heterocycles. The van der Waals surface area contributed by atoms with Crippen LogP contribution in [0.4, 0.5) is 0 Å². The molecule has 0 radical (unpaired) electrons. The smallest absolute Gasteiger partial charge is 0.251 e. The molecule has 6 nitrogen and oxygen atoms in total. The summed E-state index contributed by atoms with van der Waals surface area (Å²) in [5.74, 6) is 0.674. The first-order valence-corrected chi connectivity index (χ1v) is 11.4. The molecule has 2 aromatic carbocycles. The molecule has 0 spiro atoms. The van der Waals surface area contributed by atoms with E-state index in [9.17, 15) is 9.59 Å². The molecule has 0 bridgehead atoms. The van der Waals surface area contributed by atoms with Gasteiger partial charge in [-0.1, -0.05) is 43.7 Å². The van der Waals surface area contributed by atoms with Gasteiger partial charge in [-0.2, -0.15) is 0 Å². The molecule has 2 amide bonds. The molecule has 2 aromatic rings. The summed E-state index contributed by atoms with van der Waals surface area (Å²) in [6.07, 6.45) is 0.915. The van der Waals surface area contributed by atoms with Crippen LogP contribution < -0.4 is 10.1 Å². The molecule has 1 saturated heterocycles. The van der Waals surface area contributed by atoms with Crippen LogP contribution in [0.3, 0.4) is 0 Å². The third kappa shape index (κ3) is 6.33. The lowest BCUT2D eigenvalue weighted by Gasteiger charge is -2.29. The van der Waals surface area contributed by atoms with E-state index in [4.69, 9.17) is 4.74 Å². The minimum absolute atomic E-state index is 0.00676. The zero-order valence-electron chi connectivity index (χ0n) is 19.6. The summed E-state index contributed by atoms with van der Waals surface area (Å²) in [6, 6.07) is 15.0. The zero-order chi connectivity index (χ0) is 23.1. The van der Waals surface area contributed by atoms with Gasteiger partial charge in [0.25, 0.3) is 5.91 Å². The standard InChI is InChI=1S/C26H35N3O3/c1-19(2)24(27-25(30)22-8-5-7-20(3)17-22)26(31)29-14-6-13-28(15-16-29)18-21-9-11-23(32-4)12-10-21/h5,7-12,17,19,24H,6,13-16,18H2,1-4H3,(H,27,30). The van der Waals surface area contributed by atoms with Crippen molar-refractivity contribution in [3.05, 3.63) is 65.2 Å². The summed E-state index contributed by atoms with van der Waals surface area (Å²) in [5, 5.41) is 2.98. The predicted molar refractivity (Wildman–Crippen MR) is 127 cm³/mol. The van der Waals surface area contributed by atoms with Crippen molar-refractivity contribution in [2.75, 3.05) is 33.3 Å². The third-order valence-electron chi connectivity index (χ3n) is 5.97. The monoisotopic (exact) mass is 437 g/mol. The van der Waals surface area contributed by atoms with Crippen LogP contribution in [0.15, 0.2) is 48.5 Å². The quantitative estimate of drug-likeness (QED) is 0.720. The molecule has 1 fully saturated rings. The summed E-state index contributed by atoms with van der Waals surface area (Å²) < 4.78 is 5.23. The highest BCUT2D eigenvalue weighted by Gasteiger charge is 2.30. The van der Waals surface area contributed by atoms with Gasteiger partial charge in [-0.05, 0) is 49.1 Å². The lowest BCUT2D eigenvalue weighted by atomic mass is 10.0. The van der Waals surface area contributed by atoms with Crippen molar-refractivity contribution < 1.29 is 14.3 Å². The number of ether oxygens (including phenoxy) is 1. The van der Waals surface area contributed by atoms with E-state index in [1.165, 1.54) is 5.56 Å². The fraction of sp³-hybridized carbons (Fsp3) is 0.462. The SMILES string of the molecule is COc1ccc(CN2CCCN(C(=O)C(NC(=O)c3cccc(C)c3)C(C)C)CC2)cc1. The lowest BCUT2D eigenvalue weighted by molar-refractivity contribution is -0.134. The largest absolute Gasteiger partial charge is 0.497 e. The average Bonchev–Trinajstić information content (AvgIpc) is 3.02. The highest BCUT2D eigenvalue weighted by atomic mass is 16.5. The number of carbonyl (C=O) groups excluding carboxylic acids is 2. The van der Waals surface area contributed by atoms with E-state index in [0.717, 1.165) is 37.4 Å². The Balaban J connectivity index is 1.60. The summed E-state index contributed by atoms with van der Waals surface area (Å²) in [6.45, 7) is 9.90. The Kier molecular flexibility index (Phi) is 8.28. The van der Waals surface area contributed by atoms with Crippen LogP contribution in [0, 0.1) is 12.8 Å². The maximum absolute atomic E-state index is 13.3. The van der Waals surface area contributed by atoms with Gasteiger partial charge in [0.1, 0.15) is 11.8 Å². The summed E-state index contributed by atoms with van der Waals surface area (Å²) in [5.41, 5.74) is 2.84. The second-order valence-corrected chi connectivity index (χ2v) is 8.87. The molecule has 1 aliphatic heterocycles. The Hall–Kier alpha value is -2.86. The molecule has 32 heavy (non-hydrogen) atoms. The minimum Gasteiger partial charge on any atom is -0.497 e. The second-order valence-electron chi connectivity index (χ2n) is 8.87. The van der Waals surface area contributed by atoms with Crippen LogP contribution in [-0.2, 0) is 11.3 Å². The Morgan fingerprint density at radius 1 is 1.03 bits per heavy atom. The van der Waals surface area contributed by atoms with E-state index in [2.05, 4.69) is 22.3 Å². The van der Waals surface area contributed by atoms with Gasteiger partial charge in [-0.15, -0.1) is 0 Å². The molecule has 1 atom stereocenters. The predicted octanol–water partition coefficient (Wildman–Crippen LogP) is 3.49. The Morgan fingerprint density at radius 3 is 2.44 bits per heavy atom. The molecule has 1 N–H and O–H groups in total. The van der Waals surface area contributed by atoms with Crippen molar-refractivity contribution in [2.45, 2.75) is 39.8 Å². The molecule has 1 unspecified atom stereocenters. The van der Waals surface area contributed by atoms with Gasteiger partial charge in [0, 0.05) is 38.3 Å². The van der Waals surface area contributed by atoms with Crippen LogP contribution >= 0.6 is 0 Å². The highest BCUT2D eigenvalue weighted by Crippen LogP contribution is 2.16. The second kappa shape index (κ2) is 11.1. The van der Waals surface area contributed by atoms with Gasteiger partial charge in [-0.25, -0.2) is 0 Å². The topological polar surface area (TPSA) is 61.9 Å². The van der Waals surface area contributed by atoms with E-state index < -0.39 is 6.04 Å². The van der Waals surface area contributed by atoms with E-state index in [0.29, 0.717) is 18.7 Å². The molecule has 1 heterocycles. The van der Waals surface area contributed by atoms with Gasteiger partial charge in [-0.3, -0.25) is 14.5 Å². The van der Waals surface area contributed by atoms with Crippen molar-refractivity contribution >= 4 is 11.8 Å². The molecular formula is C26H35N3O3. The first-order chi connectivity index (χ1) is 15.4. The number of hydrogen-bond donors (Lipinski definition) is 1. The maximum Gasteiger partial charge on any atom is 0.251 e. The van der Waals surface area contributed by atoms with Gasteiger partial charge in [0.05, 0.1) is 7.11 Å². The van der Waals surface area contributed by atoms with Gasteiger partial charge in [0.2, 0.25) is 5.91 Å². The minimum atomic E-state index is -0.531. The van der Waals surface area contributed by atoms with E-state index in [1.807, 2.05) is 56.0 Å². The van der Waals surface area contributed by atoms with Gasteiger partial charge >= 0.3 is 0 Å². The molecule has 1 aliphatic rings. The first kappa shape index (κ1) is 23.8. The normalized spacial score (nSPS) is 15.8. The molecule has 0 aliphatic carbocycles. The van der Waals surface area contributed by atoms with Crippen molar-refractivity contribution in [3.63, 3.8) is 0 Å². The maximum atomic E-state index is 13.3. The molecule has 3 rings (SSSR count). The van der Waals surface area contributed by atoms with Crippen molar-refractivity contribution in [1.82, 2.24) is 15.1 Å². The third-order valence-corrected chi connectivity index (χ3v) is 5.97. The van der Waals surface area contributed by atoms with Crippen molar-refractivity contribution in [2.24, 2.45) is 5.92 Å². The molecule has 0 saturated carbocycles. The van der Waals surface area contributed by atoms with E-state index in [1.54, 1.807) is 13.2 Å². The van der Waals surface area contributed by atoms with Crippen LogP contribution in [0.25, 0.3) is 0 Å². The number of nitrogens with zero attached hydrogens (tertiary/aromatic N) is 2. The Labute approximate surface area is 191 Å². The van der Waals surface area contributed by atoms with Gasteiger partial charge in [0.15, 0.2) is 0 Å². The van der Waals surface area contributed by atoms with E-state index in [-0.39, 0.29) is 17.7 Å². The van der Waals surface area contributed by atoms with Crippen molar-refractivity contribution in [1.29, 1.82) is 0 Å². The fourth-order valence-corrected chi connectivity index (χ4v) is 4.06. The fourth-order valence-electron chi connectivity index (χ4n) is 4.06. The zero-order valence-corrected chi connectivity index (χ0v) is 19.6. The van der Waals surface area contributed by atoms with Crippen LogP contribution in [0.1, 0.15) is 41.8 Å². The summed E-state index contributed by atoms with van der Waals surface area (Å²) in [7, 11) is 1.67. The number of amides is 2. The Morgan fingerprint density at radius 2 is 1.78 bits per heavy atom. The van der Waals surface area contributed by atoms with Crippen molar-refractivity contribution in [3.8, 4) is 5.75 Å². The Bertz CT molecular complexity index is 911. The van der Waals surface area contributed by atoms with Crippen LogP contribution in [-0.4, -0.2) is 60.9 Å². The summed E-state index contributed by atoms with van der Waals surface area (Å²) in [4.78, 5) is 30.4. The molecule has 6 heteroatoms. The first-order valence-electron chi connectivity index (χ1n) is 11.4. The van der Waals surface area contributed by atoms with Crippen LogP contribution in [0.5, 0.6) is 5.75 Å². The number of benzene rings is 2. The highest BCUT2D eigenvalue weighted by molar-refractivity contribution is 5.97. The number of carbonyl (C=O) groups is 2. The molecule has 172 valence electrons. The molecular weight excluding hydrogens is 402 g/mol. The lowest BCUT2D eigenvalue weighted by Crippen LogP contribution is -2.52. The number of methoxy groups -OCH3 is 1. The summed E-state index contributed by atoms with van der Waals surface area (Å²) >= 11 is 0.